The molecule has 0 saturated heterocycles. The van der Waals surface area contributed by atoms with Crippen LogP contribution in [0.1, 0.15) is 9.75 Å². The molecule has 16 heavy (non-hydrogen) atoms. The Bertz CT molecular complexity index is 377. The Hall–Kier alpha value is -1.11. The van der Waals surface area contributed by atoms with Crippen molar-refractivity contribution in [2.24, 2.45) is 0 Å². The highest BCUT2D eigenvalue weighted by Gasteiger charge is 2.48. The van der Waals surface area contributed by atoms with Crippen molar-refractivity contribution in [1.82, 2.24) is 5.32 Å². The van der Waals surface area contributed by atoms with Gasteiger partial charge in [0, 0.05) is 9.75 Å². The molecule has 0 unspecified atom stereocenters. The molecular weight excluding hydrogens is 246 g/mol. The molecule has 1 aromatic rings. The molecule has 0 fully saturated rings. The van der Waals surface area contributed by atoms with Crippen LogP contribution in [0.3, 0.4) is 0 Å². The molecule has 1 N–H and O–H groups in total. The monoisotopic (exact) mass is 255 g/mol. The number of thiophene rings is 1. The second-order valence-electron chi connectivity index (χ2n) is 3.12. The van der Waals surface area contributed by atoms with Gasteiger partial charge in [-0.3, -0.25) is 4.79 Å². The number of nitrogens with one attached hydrogen (secondary N) is 1. The molecule has 7 heteroatoms. The van der Waals surface area contributed by atoms with Gasteiger partial charge in [-0.1, -0.05) is 0 Å². The van der Waals surface area contributed by atoms with Crippen LogP contribution in [-0.2, 0) is 11.3 Å². The Morgan fingerprint density at radius 1 is 1.50 bits per heavy atom. The van der Waals surface area contributed by atoms with Gasteiger partial charge in [-0.2, -0.15) is 8.78 Å². The Labute approximate surface area is 93.3 Å². The van der Waals surface area contributed by atoms with Gasteiger partial charge in [-0.15, -0.1) is 11.3 Å². The molecule has 0 radical (unpaired) electrons. The third kappa shape index (κ3) is 2.94. The van der Waals surface area contributed by atoms with Gasteiger partial charge in [0.1, 0.15) is 0 Å². The fraction of sp³-hybridized carbons (Fsp3) is 0.444. The zero-order valence-corrected chi connectivity index (χ0v) is 9.08. The van der Waals surface area contributed by atoms with Crippen LogP contribution in [0.4, 0.5) is 17.6 Å². The van der Waals surface area contributed by atoms with Crippen molar-refractivity contribution in [2.45, 2.75) is 25.8 Å². The highest BCUT2D eigenvalue weighted by molar-refractivity contribution is 7.11. The first-order valence-electron chi connectivity index (χ1n) is 4.33. The van der Waals surface area contributed by atoms with Crippen molar-refractivity contribution in [1.29, 1.82) is 0 Å². The first-order valence-corrected chi connectivity index (χ1v) is 5.15. The molecule has 0 aliphatic carbocycles. The molecule has 0 atom stereocenters. The average molecular weight is 255 g/mol. The van der Waals surface area contributed by atoms with E-state index in [-0.39, 0.29) is 6.54 Å². The zero-order chi connectivity index (χ0) is 12.3. The van der Waals surface area contributed by atoms with E-state index in [1.807, 2.05) is 6.92 Å². The summed E-state index contributed by atoms with van der Waals surface area (Å²) in [4.78, 5) is 12.3. The van der Waals surface area contributed by atoms with Gasteiger partial charge in [0.05, 0.1) is 6.54 Å². The molecule has 90 valence electrons. The van der Waals surface area contributed by atoms with Gasteiger partial charge < -0.3 is 5.32 Å². The third-order valence-corrected chi connectivity index (χ3v) is 2.80. The van der Waals surface area contributed by atoms with Crippen LogP contribution in [-0.4, -0.2) is 18.3 Å². The molecule has 0 spiro atoms. The van der Waals surface area contributed by atoms with E-state index in [0.717, 1.165) is 4.88 Å². The van der Waals surface area contributed by atoms with Crippen molar-refractivity contribution in [3.8, 4) is 0 Å². The van der Waals surface area contributed by atoms with E-state index >= 15 is 0 Å². The predicted molar refractivity (Wildman–Crippen MR) is 51.9 cm³/mol. The zero-order valence-electron chi connectivity index (χ0n) is 8.27. The van der Waals surface area contributed by atoms with Crippen molar-refractivity contribution < 1.29 is 22.4 Å². The minimum absolute atomic E-state index is 0.167. The first kappa shape index (κ1) is 13.0. The SMILES string of the molecule is Cc1ccc(CNC(=O)C(F)(F)C(F)F)s1. The molecule has 1 heterocycles. The molecule has 0 aliphatic rings. The van der Waals surface area contributed by atoms with Crippen molar-refractivity contribution in [3.63, 3.8) is 0 Å². The van der Waals surface area contributed by atoms with Crippen LogP contribution in [0.15, 0.2) is 12.1 Å². The summed E-state index contributed by atoms with van der Waals surface area (Å²) < 4.78 is 48.5. The Morgan fingerprint density at radius 3 is 2.56 bits per heavy atom. The number of carbonyl (C=O) groups excluding carboxylic acids is 1. The number of hydrogen-bond acceptors (Lipinski definition) is 2. The summed E-state index contributed by atoms with van der Waals surface area (Å²) in [6.07, 6.45) is -3.99. The van der Waals surface area contributed by atoms with Gasteiger partial charge in [0.15, 0.2) is 0 Å². The molecular formula is C9H9F4NOS. The van der Waals surface area contributed by atoms with Gasteiger partial charge in [-0.25, -0.2) is 8.78 Å². The van der Waals surface area contributed by atoms with Gasteiger partial charge in [-0.05, 0) is 19.1 Å². The maximum atomic E-state index is 12.5. The second-order valence-corrected chi connectivity index (χ2v) is 4.49. The number of alkyl halides is 4. The van der Waals surface area contributed by atoms with E-state index in [0.29, 0.717) is 4.88 Å². The van der Waals surface area contributed by atoms with Gasteiger partial charge >= 0.3 is 12.3 Å². The molecule has 1 rings (SSSR count). The summed E-state index contributed by atoms with van der Waals surface area (Å²) in [5.74, 6) is -6.58. The van der Waals surface area contributed by atoms with Gasteiger partial charge in [0.2, 0.25) is 0 Å². The lowest BCUT2D eigenvalue weighted by Gasteiger charge is -2.14. The van der Waals surface area contributed by atoms with Crippen molar-refractivity contribution in [3.05, 3.63) is 21.9 Å². The fourth-order valence-electron chi connectivity index (χ4n) is 0.964. The van der Waals surface area contributed by atoms with Crippen LogP contribution in [0, 0.1) is 6.92 Å². The van der Waals surface area contributed by atoms with E-state index in [1.54, 1.807) is 17.4 Å². The lowest BCUT2D eigenvalue weighted by atomic mass is 10.3. The summed E-state index contributed by atoms with van der Waals surface area (Å²) in [5.41, 5.74) is 0. The van der Waals surface area contributed by atoms with Crippen LogP contribution >= 0.6 is 11.3 Å². The van der Waals surface area contributed by atoms with Crippen LogP contribution in [0.2, 0.25) is 0 Å². The lowest BCUT2D eigenvalue weighted by Crippen LogP contribution is -2.44. The van der Waals surface area contributed by atoms with Crippen LogP contribution < -0.4 is 5.32 Å². The number of hydrogen-bond donors (Lipinski definition) is 1. The standard InChI is InChI=1S/C9H9F4NOS/c1-5-2-3-6(16-5)4-14-8(15)9(12,13)7(10)11/h2-3,7H,4H2,1H3,(H,14,15). The van der Waals surface area contributed by atoms with E-state index in [9.17, 15) is 22.4 Å². The highest BCUT2D eigenvalue weighted by atomic mass is 32.1. The normalized spacial score (nSPS) is 11.9. The van der Waals surface area contributed by atoms with Crippen LogP contribution in [0.5, 0.6) is 0 Å². The van der Waals surface area contributed by atoms with E-state index in [4.69, 9.17) is 0 Å². The van der Waals surface area contributed by atoms with Crippen molar-refractivity contribution in [2.75, 3.05) is 0 Å². The number of amides is 1. The Morgan fingerprint density at radius 2 is 2.12 bits per heavy atom. The summed E-state index contributed by atoms with van der Waals surface area (Å²) >= 11 is 1.30. The van der Waals surface area contributed by atoms with Gasteiger partial charge in [0.25, 0.3) is 5.91 Å². The molecule has 1 aromatic heterocycles. The van der Waals surface area contributed by atoms with Crippen molar-refractivity contribution >= 4 is 17.2 Å². The quantitative estimate of drug-likeness (QED) is 0.823. The van der Waals surface area contributed by atoms with E-state index in [1.165, 1.54) is 11.3 Å². The fourth-order valence-corrected chi connectivity index (χ4v) is 1.79. The number of carbonyl (C=O) groups is 1. The molecule has 1 amide bonds. The second kappa shape index (κ2) is 4.82. The predicted octanol–water partition coefficient (Wildman–Crippen LogP) is 2.57. The molecule has 0 aromatic carbocycles. The summed E-state index contributed by atoms with van der Waals surface area (Å²) in [6, 6.07) is 3.39. The maximum absolute atomic E-state index is 12.5. The smallest absolute Gasteiger partial charge is 0.346 e. The maximum Gasteiger partial charge on any atom is 0.383 e. The average Bonchev–Trinajstić information content (AvgIpc) is 2.60. The Kier molecular flexibility index (Phi) is 3.90. The lowest BCUT2D eigenvalue weighted by molar-refractivity contribution is -0.169. The summed E-state index contributed by atoms with van der Waals surface area (Å²) in [7, 11) is 0. The number of aryl methyl sites for hydroxylation is 1. The topological polar surface area (TPSA) is 29.1 Å². The summed E-state index contributed by atoms with van der Waals surface area (Å²) in [5, 5.41) is 1.78. The Balaban J connectivity index is 2.53. The van der Waals surface area contributed by atoms with E-state index in [2.05, 4.69) is 0 Å². The number of rotatable bonds is 4. The largest absolute Gasteiger partial charge is 0.383 e. The molecule has 0 aliphatic heterocycles. The third-order valence-electron chi connectivity index (χ3n) is 1.80. The molecule has 2 nitrogen and oxygen atoms in total. The molecule has 0 saturated carbocycles. The molecule has 0 bridgehead atoms. The van der Waals surface area contributed by atoms with Crippen LogP contribution in [0.25, 0.3) is 0 Å². The highest BCUT2D eigenvalue weighted by Crippen LogP contribution is 2.23. The minimum atomic E-state index is -4.63. The first-order chi connectivity index (χ1) is 7.34. The summed E-state index contributed by atoms with van der Waals surface area (Å²) in [6.45, 7) is 1.64. The van der Waals surface area contributed by atoms with E-state index < -0.39 is 18.3 Å². The minimum Gasteiger partial charge on any atom is -0.346 e. The number of halogens is 4.